The first-order chi connectivity index (χ1) is 12.2. The topological polar surface area (TPSA) is 170 Å². The van der Waals surface area contributed by atoms with Gasteiger partial charge in [0.15, 0.2) is 0 Å². The second-order valence-corrected chi connectivity index (χ2v) is 6.44. The first-order valence-electron chi connectivity index (χ1n) is 8.42. The van der Waals surface area contributed by atoms with Gasteiger partial charge in [0.1, 0.15) is 6.23 Å². The number of carboxylic acids is 1. The van der Waals surface area contributed by atoms with Crippen LogP contribution in [0.5, 0.6) is 0 Å². The van der Waals surface area contributed by atoms with Crippen molar-refractivity contribution in [2.75, 3.05) is 0 Å². The second kappa shape index (κ2) is 10.5. The Balaban J connectivity index is 2.75. The van der Waals surface area contributed by atoms with Crippen LogP contribution in [-0.2, 0) is 20.8 Å². The van der Waals surface area contributed by atoms with E-state index in [-0.39, 0.29) is 31.6 Å². The van der Waals surface area contributed by atoms with Gasteiger partial charge in [-0.15, -0.1) is 0 Å². The van der Waals surface area contributed by atoms with Gasteiger partial charge in [-0.05, 0) is 12.3 Å². The Morgan fingerprint density at radius 1 is 1.31 bits per heavy atom. The van der Waals surface area contributed by atoms with Gasteiger partial charge in [-0.2, -0.15) is 0 Å². The van der Waals surface area contributed by atoms with Crippen LogP contribution in [0.15, 0.2) is 12.5 Å². The molecule has 0 saturated carbocycles. The summed E-state index contributed by atoms with van der Waals surface area (Å²) in [6.45, 7) is 3.56. The number of rotatable bonds is 12. The zero-order chi connectivity index (χ0) is 19.7. The number of imidazole rings is 1. The molecule has 0 saturated heterocycles. The Morgan fingerprint density at radius 3 is 2.50 bits per heavy atom. The highest BCUT2D eigenvalue weighted by Crippen LogP contribution is 2.07. The Hall–Kier alpha value is -2.46. The minimum Gasteiger partial charge on any atom is -0.481 e. The van der Waals surface area contributed by atoms with Crippen LogP contribution in [-0.4, -0.2) is 56.3 Å². The maximum atomic E-state index is 12.1. The van der Waals surface area contributed by atoms with Crippen LogP contribution in [0.2, 0.25) is 0 Å². The molecule has 3 atom stereocenters. The Bertz CT molecular complexity index is 590. The molecule has 1 aromatic rings. The van der Waals surface area contributed by atoms with Crippen LogP contribution in [0, 0.1) is 5.92 Å². The largest absolute Gasteiger partial charge is 0.481 e. The van der Waals surface area contributed by atoms with Crippen molar-refractivity contribution in [2.45, 2.75) is 57.8 Å². The highest BCUT2D eigenvalue weighted by molar-refractivity contribution is 5.80. The van der Waals surface area contributed by atoms with Crippen LogP contribution in [0.25, 0.3) is 0 Å². The molecule has 10 heteroatoms. The number of nitrogens with one attached hydrogen (secondary N) is 3. The van der Waals surface area contributed by atoms with Gasteiger partial charge in [0.05, 0.1) is 18.4 Å². The van der Waals surface area contributed by atoms with E-state index in [2.05, 4.69) is 20.6 Å². The Labute approximate surface area is 151 Å². The fourth-order valence-electron chi connectivity index (χ4n) is 2.46. The molecule has 0 aliphatic carbocycles. The minimum absolute atomic E-state index is 0.0158. The van der Waals surface area contributed by atoms with Crippen molar-refractivity contribution < 1.29 is 24.6 Å². The van der Waals surface area contributed by atoms with Crippen LogP contribution in [0.3, 0.4) is 0 Å². The molecule has 0 aliphatic rings. The predicted molar refractivity (Wildman–Crippen MR) is 92.7 cm³/mol. The number of hydrogen-bond acceptors (Lipinski definition) is 6. The van der Waals surface area contributed by atoms with E-state index in [1.54, 1.807) is 20.0 Å². The van der Waals surface area contributed by atoms with Crippen LogP contribution < -0.4 is 16.4 Å². The van der Waals surface area contributed by atoms with Crippen molar-refractivity contribution in [3.05, 3.63) is 18.2 Å². The highest BCUT2D eigenvalue weighted by Gasteiger charge is 2.28. The summed E-state index contributed by atoms with van der Waals surface area (Å²) in [6.07, 6.45) is 2.13. The number of hydrogen-bond donors (Lipinski definition) is 6. The molecule has 7 N–H and O–H groups in total. The first-order valence-corrected chi connectivity index (χ1v) is 8.42. The molecule has 0 radical (unpaired) electrons. The highest BCUT2D eigenvalue weighted by atomic mass is 16.4. The molecule has 1 aromatic heterocycles. The molecule has 0 fully saturated rings. The first kappa shape index (κ1) is 21.6. The molecule has 146 valence electrons. The van der Waals surface area contributed by atoms with E-state index in [0.717, 1.165) is 0 Å². The molecule has 1 heterocycles. The molecule has 0 aliphatic heterocycles. The number of carbonyl (C=O) groups excluding carboxylic acids is 2. The number of aliphatic carboxylic acids is 1. The van der Waals surface area contributed by atoms with Crippen LogP contribution in [0.4, 0.5) is 0 Å². The molecule has 0 aromatic carbocycles. The third-order valence-corrected chi connectivity index (χ3v) is 3.84. The molecular weight excluding hydrogens is 342 g/mol. The van der Waals surface area contributed by atoms with E-state index in [0.29, 0.717) is 5.69 Å². The van der Waals surface area contributed by atoms with E-state index in [9.17, 15) is 19.5 Å². The summed E-state index contributed by atoms with van der Waals surface area (Å²) in [5.41, 5.74) is 6.03. The number of H-pyrrole nitrogens is 1. The smallest absolute Gasteiger partial charge is 0.303 e. The summed E-state index contributed by atoms with van der Waals surface area (Å²) in [5.74, 6) is -2.13. The standard InChI is InChI=1S/C16H27N5O5/c1-9(2)14(15(17)25)21-16(26)11(6-10-7-18-8-19-10)20-12(22)4-3-5-13(23)24/h7-9,11,14,16,21,26H,3-6H2,1-2H3,(H2,17,25)(H,18,19)(H,20,22)(H,23,24). The summed E-state index contributed by atoms with van der Waals surface area (Å²) in [4.78, 5) is 40.9. The van der Waals surface area contributed by atoms with E-state index in [1.165, 1.54) is 6.33 Å². The molecule has 10 nitrogen and oxygen atoms in total. The molecular formula is C16H27N5O5. The Kier molecular flexibility index (Phi) is 8.73. The lowest BCUT2D eigenvalue weighted by Gasteiger charge is -2.29. The Morgan fingerprint density at radius 2 is 2.00 bits per heavy atom. The third-order valence-electron chi connectivity index (χ3n) is 3.84. The molecule has 0 spiro atoms. The molecule has 1 rings (SSSR count). The van der Waals surface area contributed by atoms with E-state index in [1.807, 2.05) is 0 Å². The average molecular weight is 369 g/mol. The summed E-state index contributed by atoms with van der Waals surface area (Å²) in [6, 6.07) is -1.52. The number of aromatic amines is 1. The lowest BCUT2D eigenvalue weighted by atomic mass is 10.0. The maximum Gasteiger partial charge on any atom is 0.303 e. The molecule has 0 bridgehead atoms. The SMILES string of the molecule is CC(C)C(NC(O)C(Cc1cnc[nH]1)NC(=O)CCCC(=O)O)C(N)=O. The minimum atomic E-state index is -1.23. The van der Waals surface area contributed by atoms with Crippen molar-refractivity contribution in [1.82, 2.24) is 20.6 Å². The van der Waals surface area contributed by atoms with Gasteiger partial charge in [0.25, 0.3) is 0 Å². The number of nitrogens with zero attached hydrogens (tertiary/aromatic N) is 1. The fraction of sp³-hybridized carbons (Fsp3) is 0.625. The van der Waals surface area contributed by atoms with Gasteiger partial charge in [-0.1, -0.05) is 13.8 Å². The van der Waals surface area contributed by atoms with Gasteiger partial charge in [0.2, 0.25) is 11.8 Å². The van der Waals surface area contributed by atoms with Gasteiger partial charge >= 0.3 is 5.97 Å². The summed E-state index contributed by atoms with van der Waals surface area (Å²) in [7, 11) is 0. The zero-order valence-corrected chi connectivity index (χ0v) is 14.9. The number of aliphatic hydroxyl groups excluding tert-OH is 1. The van der Waals surface area contributed by atoms with Gasteiger partial charge in [-0.25, -0.2) is 4.98 Å². The number of carboxylic acid groups (broad SMARTS) is 1. The number of carbonyl (C=O) groups is 3. The number of primary amides is 1. The van der Waals surface area contributed by atoms with Gasteiger partial charge in [0, 0.05) is 31.2 Å². The summed E-state index contributed by atoms with van der Waals surface area (Å²) < 4.78 is 0. The van der Waals surface area contributed by atoms with Crippen molar-refractivity contribution in [1.29, 1.82) is 0 Å². The maximum absolute atomic E-state index is 12.1. The number of aromatic nitrogens is 2. The zero-order valence-electron chi connectivity index (χ0n) is 14.9. The lowest BCUT2D eigenvalue weighted by Crippen LogP contribution is -2.57. The number of amides is 2. The fourth-order valence-corrected chi connectivity index (χ4v) is 2.46. The van der Waals surface area contributed by atoms with Crippen molar-refractivity contribution in [3.63, 3.8) is 0 Å². The third kappa shape index (κ3) is 7.62. The second-order valence-electron chi connectivity index (χ2n) is 6.44. The molecule has 2 amide bonds. The lowest BCUT2D eigenvalue weighted by molar-refractivity contribution is -0.137. The van der Waals surface area contributed by atoms with E-state index in [4.69, 9.17) is 10.8 Å². The quantitative estimate of drug-likeness (QED) is 0.259. The normalized spacial score (nSPS) is 14.6. The monoisotopic (exact) mass is 369 g/mol. The van der Waals surface area contributed by atoms with Crippen molar-refractivity contribution in [2.24, 2.45) is 11.7 Å². The number of aliphatic hydroxyl groups is 1. The summed E-state index contributed by atoms with van der Waals surface area (Å²) in [5, 5.41) is 24.5. The predicted octanol–water partition coefficient (Wildman–Crippen LogP) is -0.890. The van der Waals surface area contributed by atoms with E-state index >= 15 is 0 Å². The number of nitrogens with two attached hydrogens (primary N) is 1. The van der Waals surface area contributed by atoms with Crippen molar-refractivity contribution >= 4 is 17.8 Å². The summed E-state index contributed by atoms with van der Waals surface area (Å²) >= 11 is 0. The van der Waals surface area contributed by atoms with Gasteiger partial charge < -0.3 is 26.2 Å². The van der Waals surface area contributed by atoms with Crippen LogP contribution >= 0.6 is 0 Å². The molecule has 3 unspecified atom stereocenters. The molecule has 26 heavy (non-hydrogen) atoms. The van der Waals surface area contributed by atoms with Gasteiger partial charge in [-0.3, -0.25) is 19.7 Å². The average Bonchev–Trinajstić information content (AvgIpc) is 3.03. The van der Waals surface area contributed by atoms with Crippen molar-refractivity contribution in [3.8, 4) is 0 Å². The van der Waals surface area contributed by atoms with E-state index < -0.39 is 36.1 Å². The van der Waals surface area contributed by atoms with Crippen LogP contribution in [0.1, 0.15) is 38.8 Å².